The van der Waals surface area contributed by atoms with Crippen molar-refractivity contribution in [3.05, 3.63) is 11.6 Å². The van der Waals surface area contributed by atoms with Crippen LogP contribution in [0.4, 0.5) is 0 Å². The molecule has 0 aliphatic carbocycles. The molecule has 4 heteroatoms. The second-order valence-corrected chi connectivity index (χ2v) is 3.60. The highest BCUT2D eigenvalue weighted by atomic mass is 15.3. The average molecular weight is 182 g/mol. The molecular formula is C9H18N4. The van der Waals surface area contributed by atoms with Crippen molar-refractivity contribution in [2.75, 3.05) is 0 Å². The van der Waals surface area contributed by atoms with Crippen LogP contribution in [-0.4, -0.2) is 14.8 Å². The average Bonchev–Trinajstić information content (AvgIpc) is 2.47. The topological polar surface area (TPSA) is 56.7 Å². The van der Waals surface area contributed by atoms with Gasteiger partial charge in [-0.15, -0.1) is 0 Å². The molecule has 0 aliphatic heterocycles. The van der Waals surface area contributed by atoms with Crippen LogP contribution in [-0.2, 0) is 19.0 Å². The molecule has 0 saturated carbocycles. The quantitative estimate of drug-likeness (QED) is 0.757. The molecule has 1 unspecified atom stereocenters. The van der Waals surface area contributed by atoms with Crippen LogP contribution < -0.4 is 5.73 Å². The molecule has 0 aliphatic rings. The van der Waals surface area contributed by atoms with Gasteiger partial charge < -0.3 is 5.73 Å². The molecule has 2 N–H and O–H groups in total. The van der Waals surface area contributed by atoms with Gasteiger partial charge >= 0.3 is 0 Å². The highest BCUT2D eigenvalue weighted by Gasteiger charge is 2.24. The Hall–Kier alpha value is -0.900. The fourth-order valence-corrected chi connectivity index (χ4v) is 1.24. The van der Waals surface area contributed by atoms with Gasteiger partial charge in [-0.3, -0.25) is 4.68 Å². The molecule has 0 spiro atoms. The maximum Gasteiger partial charge on any atom is 0.150 e. The Morgan fingerprint density at radius 3 is 2.46 bits per heavy atom. The first-order valence-electron chi connectivity index (χ1n) is 4.70. The third-order valence-corrected chi connectivity index (χ3v) is 2.37. The van der Waals surface area contributed by atoms with Crippen molar-refractivity contribution in [2.45, 2.75) is 39.2 Å². The number of nitrogens with zero attached hydrogens (tertiary/aromatic N) is 3. The van der Waals surface area contributed by atoms with Crippen molar-refractivity contribution < 1.29 is 0 Å². The van der Waals surface area contributed by atoms with Crippen molar-refractivity contribution in [3.63, 3.8) is 0 Å². The van der Waals surface area contributed by atoms with E-state index in [1.807, 2.05) is 20.9 Å². The third-order valence-electron chi connectivity index (χ3n) is 2.37. The van der Waals surface area contributed by atoms with Gasteiger partial charge in [0.25, 0.3) is 0 Å². The van der Waals surface area contributed by atoms with Gasteiger partial charge in [-0.25, -0.2) is 4.98 Å². The van der Waals surface area contributed by atoms with E-state index >= 15 is 0 Å². The summed E-state index contributed by atoms with van der Waals surface area (Å²) >= 11 is 0. The number of hydrogen-bond donors (Lipinski definition) is 1. The summed E-state index contributed by atoms with van der Waals surface area (Å²) in [5.74, 6) is 1.73. The van der Waals surface area contributed by atoms with Crippen LogP contribution in [0.5, 0.6) is 0 Å². The van der Waals surface area contributed by atoms with Gasteiger partial charge in [-0.05, 0) is 13.3 Å². The second kappa shape index (κ2) is 3.46. The summed E-state index contributed by atoms with van der Waals surface area (Å²) in [5, 5.41) is 4.27. The zero-order valence-corrected chi connectivity index (χ0v) is 8.83. The summed E-state index contributed by atoms with van der Waals surface area (Å²) in [6.07, 6.45) is 1.72. The lowest BCUT2D eigenvalue weighted by Crippen LogP contribution is -2.35. The SMILES string of the molecule is CCc1nc(C(C)(N)CC)n(C)n1. The molecular weight excluding hydrogens is 164 g/mol. The standard InChI is InChI=1S/C9H18N4/c1-5-7-11-8(13(4)12-7)9(3,10)6-2/h5-6,10H2,1-4H3. The normalized spacial score (nSPS) is 15.8. The Balaban J connectivity index is 3.07. The molecule has 0 fully saturated rings. The van der Waals surface area contributed by atoms with Crippen LogP contribution >= 0.6 is 0 Å². The van der Waals surface area contributed by atoms with Gasteiger partial charge in [0.1, 0.15) is 5.82 Å². The number of aryl methyl sites for hydroxylation is 2. The van der Waals surface area contributed by atoms with Gasteiger partial charge in [0.15, 0.2) is 5.82 Å². The fourth-order valence-electron chi connectivity index (χ4n) is 1.24. The van der Waals surface area contributed by atoms with E-state index in [0.717, 1.165) is 24.5 Å². The monoisotopic (exact) mass is 182 g/mol. The van der Waals surface area contributed by atoms with Crippen molar-refractivity contribution in [1.29, 1.82) is 0 Å². The fraction of sp³-hybridized carbons (Fsp3) is 0.778. The molecule has 74 valence electrons. The summed E-state index contributed by atoms with van der Waals surface area (Å²) in [5.41, 5.74) is 5.72. The number of aromatic nitrogens is 3. The van der Waals surface area contributed by atoms with Crippen molar-refractivity contribution in [1.82, 2.24) is 14.8 Å². The maximum absolute atomic E-state index is 6.08. The molecule has 13 heavy (non-hydrogen) atoms. The summed E-state index contributed by atoms with van der Waals surface area (Å²) in [4.78, 5) is 4.40. The third kappa shape index (κ3) is 1.88. The Labute approximate surface area is 79.2 Å². The minimum Gasteiger partial charge on any atom is -0.319 e. The van der Waals surface area contributed by atoms with Crippen molar-refractivity contribution in [3.8, 4) is 0 Å². The molecule has 1 heterocycles. The van der Waals surface area contributed by atoms with E-state index in [4.69, 9.17) is 5.73 Å². The van der Waals surface area contributed by atoms with Crippen LogP contribution in [0.15, 0.2) is 0 Å². The highest BCUT2D eigenvalue weighted by Crippen LogP contribution is 2.18. The predicted octanol–water partition coefficient (Wildman–Crippen LogP) is 0.961. The van der Waals surface area contributed by atoms with E-state index in [-0.39, 0.29) is 5.54 Å². The molecule has 1 atom stereocenters. The van der Waals surface area contributed by atoms with Crippen LogP contribution in [0.25, 0.3) is 0 Å². The largest absolute Gasteiger partial charge is 0.319 e. The first-order chi connectivity index (χ1) is 6.01. The molecule has 0 radical (unpaired) electrons. The van der Waals surface area contributed by atoms with Crippen molar-refractivity contribution in [2.24, 2.45) is 12.8 Å². The molecule has 0 aromatic carbocycles. The highest BCUT2D eigenvalue weighted by molar-refractivity contribution is 5.04. The van der Waals surface area contributed by atoms with Crippen LogP contribution in [0, 0.1) is 0 Å². The summed E-state index contributed by atoms with van der Waals surface area (Å²) in [6, 6.07) is 0. The zero-order valence-electron chi connectivity index (χ0n) is 8.83. The van der Waals surface area contributed by atoms with E-state index in [9.17, 15) is 0 Å². The summed E-state index contributed by atoms with van der Waals surface area (Å²) in [6.45, 7) is 6.08. The molecule has 1 rings (SSSR count). The lowest BCUT2D eigenvalue weighted by Gasteiger charge is -2.20. The number of nitrogens with two attached hydrogens (primary N) is 1. The molecule has 0 saturated heterocycles. The zero-order chi connectivity index (χ0) is 10.1. The first-order valence-corrected chi connectivity index (χ1v) is 4.70. The Morgan fingerprint density at radius 1 is 1.46 bits per heavy atom. The minimum atomic E-state index is -0.366. The van der Waals surface area contributed by atoms with E-state index in [1.165, 1.54) is 0 Å². The van der Waals surface area contributed by atoms with Gasteiger partial charge in [0, 0.05) is 13.5 Å². The molecule has 4 nitrogen and oxygen atoms in total. The number of rotatable bonds is 3. The maximum atomic E-state index is 6.08. The van der Waals surface area contributed by atoms with Gasteiger partial charge in [0.2, 0.25) is 0 Å². The van der Waals surface area contributed by atoms with Gasteiger partial charge in [-0.2, -0.15) is 5.10 Å². The lowest BCUT2D eigenvalue weighted by molar-refractivity contribution is 0.423. The Kier molecular flexibility index (Phi) is 2.71. The Bertz CT molecular complexity index is 288. The predicted molar refractivity (Wildman–Crippen MR) is 52.2 cm³/mol. The van der Waals surface area contributed by atoms with Crippen molar-refractivity contribution >= 4 is 0 Å². The molecule has 1 aromatic heterocycles. The second-order valence-electron chi connectivity index (χ2n) is 3.60. The summed E-state index contributed by atoms with van der Waals surface area (Å²) in [7, 11) is 1.89. The van der Waals surface area contributed by atoms with Crippen LogP contribution in [0.1, 0.15) is 38.8 Å². The van der Waals surface area contributed by atoms with E-state index < -0.39 is 0 Å². The molecule has 0 amide bonds. The van der Waals surface area contributed by atoms with Crippen LogP contribution in [0.2, 0.25) is 0 Å². The van der Waals surface area contributed by atoms with E-state index in [0.29, 0.717) is 0 Å². The molecule has 1 aromatic rings. The van der Waals surface area contributed by atoms with Crippen LogP contribution in [0.3, 0.4) is 0 Å². The molecule has 0 bridgehead atoms. The minimum absolute atomic E-state index is 0.366. The summed E-state index contributed by atoms with van der Waals surface area (Å²) < 4.78 is 1.78. The lowest BCUT2D eigenvalue weighted by atomic mass is 10.00. The van der Waals surface area contributed by atoms with Gasteiger partial charge in [-0.1, -0.05) is 13.8 Å². The van der Waals surface area contributed by atoms with Gasteiger partial charge in [0.05, 0.1) is 5.54 Å². The Morgan fingerprint density at radius 2 is 2.08 bits per heavy atom. The number of hydrogen-bond acceptors (Lipinski definition) is 3. The first kappa shape index (κ1) is 10.2. The van der Waals surface area contributed by atoms with E-state index in [1.54, 1.807) is 4.68 Å². The smallest absolute Gasteiger partial charge is 0.150 e. The van der Waals surface area contributed by atoms with E-state index in [2.05, 4.69) is 17.0 Å².